The lowest BCUT2D eigenvalue weighted by molar-refractivity contribution is 0.358. The van der Waals surface area contributed by atoms with Crippen LogP contribution in [0.4, 0.5) is 5.95 Å². The third-order valence-electron chi connectivity index (χ3n) is 2.39. The SMILES string of the molecule is CCN(C)CCNS(=O)(=O)c1cnc(NN)nc1. The molecule has 0 fully saturated rings. The van der Waals surface area contributed by atoms with E-state index in [1.165, 1.54) is 12.4 Å². The molecule has 1 aromatic rings. The molecule has 0 amide bonds. The maximum Gasteiger partial charge on any atom is 0.243 e. The summed E-state index contributed by atoms with van der Waals surface area (Å²) < 4.78 is 26.2. The highest BCUT2D eigenvalue weighted by atomic mass is 32.2. The smallest absolute Gasteiger partial charge is 0.243 e. The van der Waals surface area contributed by atoms with Gasteiger partial charge in [-0.25, -0.2) is 29.0 Å². The molecule has 0 aliphatic heterocycles. The quantitative estimate of drug-likeness (QED) is 0.431. The molecule has 0 atom stereocenters. The molecule has 0 bridgehead atoms. The van der Waals surface area contributed by atoms with Gasteiger partial charge in [0.1, 0.15) is 4.90 Å². The molecule has 0 aliphatic carbocycles. The Balaban J connectivity index is 2.62. The first-order valence-electron chi connectivity index (χ1n) is 5.46. The van der Waals surface area contributed by atoms with Gasteiger partial charge in [-0.05, 0) is 13.6 Å². The Bertz CT molecular complexity index is 460. The molecule has 0 saturated heterocycles. The summed E-state index contributed by atoms with van der Waals surface area (Å²) in [7, 11) is -1.64. The van der Waals surface area contributed by atoms with Gasteiger partial charge in [-0.2, -0.15) is 0 Å². The molecule has 0 spiro atoms. The van der Waals surface area contributed by atoms with E-state index in [1.54, 1.807) is 0 Å². The molecule has 0 aliphatic rings. The van der Waals surface area contributed by atoms with E-state index in [-0.39, 0.29) is 10.8 Å². The van der Waals surface area contributed by atoms with Crippen LogP contribution in [0.3, 0.4) is 0 Å². The zero-order valence-corrected chi connectivity index (χ0v) is 11.2. The Hall–Kier alpha value is -1.29. The van der Waals surface area contributed by atoms with E-state index >= 15 is 0 Å². The van der Waals surface area contributed by atoms with Crippen LogP contribution in [-0.4, -0.2) is 50.0 Å². The number of anilines is 1. The highest BCUT2D eigenvalue weighted by molar-refractivity contribution is 7.89. The van der Waals surface area contributed by atoms with Gasteiger partial charge >= 0.3 is 0 Å². The number of hydrogen-bond acceptors (Lipinski definition) is 7. The van der Waals surface area contributed by atoms with Crippen molar-refractivity contribution in [2.45, 2.75) is 11.8 Å². The van der Waals surface area contributed by atoms with Crippen molar-refractivity contribution in [2.75, 3.05) is 32.1 Å². The number of likely N-dealkylation sites (N-methyl/N-ethyl adjacent to an activating group) is 1. The second-order valence-corrected chi connectivity index (χ2v) is 5.45. The van der Waals surface area contributed by atoms with E-state index in [0.29, 0.717) is 13.1 Å². The van der Waals surface area contributed by atoms with Crippen molar-refractivity contribution in [3.8, 4) is 0 Å². The van der Waals surface area contributed by atoms with Crippen LogP contribution in [0.1, 0.15) is 6.92 Å². The van der Waals surface area contributed by atoms with Gasteiger partial charge in [-0.1, -0.05) is 6.92 Å². The molecule has 102 valence electrons. The summed E-state index contributed by atoms with van der Waals surface area (Å²) in [5.41, 5.74) is 2.23. The maximum atomic E-state index is 11.8. The average molecular weight is 274 g/mol. The summed E-state index contributed by atoms with van der Waals surface area (Å²) in [4.78, 5) is 9.51. The van der Waals surface area contributed by atoms with Crippen LogP contribution in [0.25, 0.3) is 0 Å². The minimum absolute atomic E-state index is 0.0145. The number of sulfonamides is 1. The van der Waals surface area contributed by atoms with Crippen molar-refractivity contribution in [3.63, 3.8) is 0 Å². The van der Waals surface area contributed by atoms with Crippen molar-refractivity contribution in [1.29, 1.82) is 0 Å². The van der Waals surface area contributed by atoms with Gasteiger partial charge in [-0.15, -0.1) is 0 Å². The van der Waals surface area contributed by atoms with E-state index in [2.05, 4.69) is 20.1 Å². The second-order valence-electron chi connectivity index (χ2n) is 3.68. The topological polar surface area (TPSA) is 113 Å². The maximum absolute atomic E-state index is 11.8. The molecule has 0 unspecified atom stereocenters. The summed E-state index contributed by atoms with van der Waals surface area (Å²) in [5, 5.41) is 0. The van der Waals surface area contributed by atoms with Gasteiger partial charge < -0.3 is 4.90 Å². The first-order chi connectivity index (χ1) is 8.49. The van der Waals surface area contributed by atoms with Crippen LogP contribution < -0.4 is 16.0 Å². The number of nitrogens with two attached hydrogens (primary N) is 1. The van der Waals surface area contributed by atoms with E-state index < -0.39 is 10.0 Å². The average Bonchev–Trinajstić information content (AvgIpc) is 2.38. The Morgan fingerprint density at radius 2 is 2.00 bits per heavy atom. The normalized spacial score (nSPS) is 11.8. The molecule has 1 rings (SSSR count). The van der Waals surface area contributed by atoms with Crippen LogP contribution in [0.15, 0.2) is 17.3 Å². The summed E-state index contributed by atoms with van der Waals surface area (Å²) in [5.74, 6) is 5.26. The Kier molecular flexibility index (Phi) is 5.41. The number of hydrogen-bond donors (Lipinski definition) is 3. The summed E-state index contributed by atoms with van der Waals surface area (Å²) in [6.45, 7) is 3.84. The third kappa shape index (κ3) is 4.18. The minimum Gasteiger partial charge on any atom is -0.305 e. The number of nitrogen functional groups attached to an aromatic ring is 1. The van der Waals surface area contributed by atoms with E-state index in [1.807, 2.05) is 18.9 Å². The van der Waals surface area contributed by atoms with Crippen LogP contribution in [0.5, 0.6) is 0 Å². The van der Waals surface area contributed by atoms with Gasteiger partial charge in [0, 0.05) is 13.1 Å². The van der Waals surface area contributed by atoms with Gasteiger partial charge in [0.05, 0.1) is 12.4 Å². The monoisotopic (exact) mass is 274 g/mol. The van der Waals surface area contributed by atoms with E-state index in [9.17, 15) is 8.42 Å². The first-order valence-corrected chi connectivity index (χ1v) is 6.94. The van der Waals surface area contributed by atoms with Crippen LogP contribution >= 0.6 is 0 Å². The Morgan fingerprint density at radius 1 is 1.39 bits per heavy atom. The number of rotatable bonds is 7. The molecule has 4 N–H and O–H groups in total. The molecule has 0 saturated carbocycles. The minimum atomic E-state index is -3.56. The molecule has 8 nitrogen and oxygen atoms in total. The molecule has 0 radical (unpaired) electrons. The fourth-order valence-electron chi connectivity index (χ4n) is 1.14. The molecule has 9 heteroatoms. The molecule has 1 aromatic heterocycles. The largest absolute Gasteiger partial charge is 0.305 e. The zero-order valence-electron chi connectivity index (χ0n) is 10.4. The lowest BCUT2D eigenvalue weighted by Gasteiger charge is -2.14. The predicted molar refractivity (Wildman–Crippen MR) is 68.2 cm³/mol. The molecule has 0 aromatic carbocycles. The van der Waals surface area contributed by atoms with Crippen LogP contribution in [0, 0.1) is 0 Å². The van der Waals surface area contributed by atoms with Gasteiger partial charge in [-0.3, -0.25) is 5.43 Å². The van der Waals surface area contributed by atoms with Crippen molar-refractivity contribution >= 4 is 16.0 Å². The predicted octanol–water partition coefficient (Wildman–Crippen LogP) is -1.01. The van der Waals surface area contributed by atoms with Gasteiger partial charge in [0.15, 0.2) is 0 Å². The van der Waals surface area contributed by atoms with Crippen LogP contribution in [0.2, 0.25) is 0 Å². The van der Waals surface area contributed by atoms with Gasteiger partial charge in [0.2, 0.25) is 16.0 Å². The first kappa shape index (κ1) is 14.8. The summed E-state index contributed by atoms with van der Waals surface area (Å²) >= 11 is 0. The van der Waals surface area contributed by atoms with Crippen molar-refractivity contribution < 1.29 is 8.42 Å². The van der Waals surface area contributed by atoms with Crippen molar-refractivity contribution in [1.82, 2.24) is 19.6 Å². The van der Waals surface area contributed by atoms with E-state index in [4.69, 9.17) is 5.84 Å². The Morgan fingerprint density at radius 3 is 2.50 bits per heavy atom. The number of nitrogens with zero attached hydrogens (tertiary/aromatic N) is 3. The fourth-order valence-corrected chi connectivity index (χ4v) is 2.05. The summed E-state index contributed by atoms with van der Waals surface area (Å²) in [6, 6.07) is 0. The van der Waals surface area contributed by atoms with Crippen molar-refractivity contribution in [3.05, 3.63) is 12.4 Å². The second kappa shape index (κ2) is 6.59. The fraction of sp³-hybridized carbons (Fsp3) is 0.556. The zero-order chi connectivity index (χ0) is 13.6. The lowest BCUT2D eigenvalue weighted by Crippen LogP contribution is -2.33. The number of hydrazine groups is 1. The summed E-state index contributed by atoms with van der Waals surface area (Å²) in [6.07, 6.45) is 2.40. The molecular formula is C9H18N6O2S. The molecule has 18 heavy (non-hydrogen) atoms. The Labute approximate surface area is 107 Å². The van der Waals surface area contributed by atoms with Crippen LogP contribution in [-0.2, 0) is 10.0 Å². The number of aromatic nitrogens is 2. The highest BCUT2D eigenvalue weighted by Crippen LogP contribution is 2.06. The number of nitrogens with one attached hydrogen (secondary N) is 2. The third-order valence-corrected chi connectivity index (χ3v) is 3.81. The van der Waals surface area contributed by atoms with Gasteiger partial charge in [0.25, 0.3) is 0 Å². The molecular weight excluding hydrogens is 256 g/mol. The lowest BCUT2D eigenvalue weighted by atomic mass is 10.5. The van der Waals surface area contributed by atoms with Crippen molar-refractivity contribution in [2.24, 2.45) is 5.84 Å². The molecule has 1 heterocycles. The standard InChI is InChI=1S/C9H18N6O2S/c1-3-15(2)5-4-13-18(16,17)8-6-11-9(14-10)12-7-8/h6-7,13H,3-5,10H2,1-2H3,(H,11,12,14). The van der Waals surface area contributed by atoms with E-state index in [0.717, 1.165) is 6.54 Å². The highest BCUT2D eigenvalue weighted by Gasteiger charge is 2.14.